The van der Waals surface area contributed by atoms with Gasteiger partial charge in [0.2, 0.25) is 0 Å². The molecule has 2 atom stereocenters. The third kappa shape index (κ3) is 4.11. The number of methoxy groups -OCH3 is 1. The summed E-state index contributed by atoms with van der Waals surface area (Å²) in [7, 11) is 1.42. The first-order valence-electron chi connectivity index (χ1n) is 7.45. The number of nitrogens with zero attached hydrogens (tertiary/aromatic N) is 1. The Morgan fingerprint density at radius 3 is 2.67 bits per heavy atom. The molecule has 1 aliphatic rings. The van der Waals surface area contributed by atoms with E-state index < -0.39 is 0 Å². The van der Waals surface area contributed by atoms with Gasteiger partial charge in [-0.05, 0) is 37.1 Å². The lowest BCUT2D eigenvalue weighted by atomic mass is 9.94. The van der Waals surface area contributed by atoms with Crippen LogP contribution in [0.1, 0.15) is 19.8 Å². The number of hydrogen-bond donors (Lipinski definition) is 1. The van der Waals surface area contributed by atoms with Crippen molar-refractivity contribution in [3.05, 3.63) is 24.3 Å². The summed E-state index contributed by atoms with van der Waals surface area (Å²) in [5, 5.41) is 0. The van der Waals surface area contributed by atoms with Crippen molar-refractivity contribution >= 4 is 11.7 Å². The van der Waals surface area contributed by atoms with Crippen LogP contribution in [0.5, 0.6) is 5.75 Å². The highest BCUT2D eigenvalue weighted by molar-refractivity contribution is 5.73. The van der Waals surface area contributed by atoms with Crippen molar-refractivity contribution in [2.24, 2.45) is 11.7 Å². The van der Waals surface area contributed by atoms with Crippen LogP contribution in [0, 0.1) is 5.92 Å². The number of carbonyl (C=O) groups excluding carboxylic acids is 1. The first-order chi connectivity index (χ1) is 10.1. The van der Waals surface area contributed by atoms with E-state index in [2.05, 4.69) is 11.8 Å². The highest BCUT2D eigenvalue weighted by Crippen LogP contribution is 2.25. The maximum atomic E-state index is 11.7. The molecule has 0 amide bonds. The van der Waals surface area contributed by atoms with E-state index in [0.717, 1.165) is 31.0 Å². The number of esters is 1. The van der Waals surface area contributed by atoms with E-state index in [1.54, 1.807) is 0 Å². The molecule has 5 nitrogen and oxygen atoms in total. The predicted molar refractivity (Wildman–Crippen MR) is 82.5 cm³/mol. The maximum absolute atomic E-state index is 11.7. The van der Waals surface area contributed by atoms with Crippen molar-refractivity contribution in [2.75, 3.05) is 31.7 Å². The minimum Gasteiger partial charge on any atom is -0.494 e. The van der Waals surface area contributed by atoms with Crippen LogP contribution < -0.4 is 15.4 Å². The van der Waals surface area contributed by atoms with Crippen LogP contribution in [-0.2, 0) is 9.53 Å². The van der Waals surface area contributed by atoms with Gasteiger partial charge in [-0.2, -0.15) is 0 Å². The number of benzene rings is 1. The Hall–Kier alpha value is -1.75. The zero-order valence-corrected chi connectivity index (χ0v) is 12.7. The second kappa shape index (κ2) is 7.31. The minimum atomic E-state index is -0.182. The van der Waals surface area contributed by atoms with Gasteiger partial charge < -0.3 is 20.1 Å². The lowest BCUT2D eigenvalue weighted by Crippen LogP contribution is -2.49. The van der Waals surface area contributed by atoms with Gasteiger partial charge in [0.05, 0.1) is 19.6 Å². The molecule has 1 saturated heterocycles. The van der Waals surface area contributed by atoms with E-state index in [1.807, 2.05) is 24.3 Å². The Morgan fingerprint density at radius 2 is 2.05 bits per heavy atom. The highest BCUT2D eigenvalue weighted by atomic mass is 16.5. The molecule has 0 spiro atoms. The number of ether oxygens (including phenoxy) is 2. The van der Waals surface area contributed by atoms with E-state index in [-0.39, 0.29) is 17.9 Å². The number of rotatable bonds is 5. The first kappa shape index (κ1) is 15.6. The maximum Gasteiger partial charge on any atom is 0.310 e. The normalized spacial score (nSPS) is 22.0. The summed E-state index contributed by atoms with van der Waals surface area (Å²) in [5.74, 6) is 0.527. The van der Waals surface area contributed by atoms with Gasteiger partial charge in [0.25, 0.3) is 0 Å². The minimum absolute atomic E-state index is 0.0149. The standard InChI is InChI=1S/C16H24N2O3/c1-3-8-21-15-6-4-14(5-7-15)18-10-12(16(19)20-2)9-13(17)11-18/h4-7,12-13H,3,8-11,17H2,1-2H3. The van der Waals surface area contributed by atoms with Crippen molar-refractivity contribution in [1.82, 2.24) is 0 Å². The Morgan fingerprint density at radius 1 is 1.33 bits per heavy atom. The van der Waals surface area contributed by atoms with Gasteiger partial charge in [-0.25, -0.2) is 0 Å². The van der Waals surface area contributed by atoms with Gasteiger partial charge in [-0.1, -0.05) is 6.92 Å². The summed E-state index contributed by atoms with van der Waals surface area (Å²) in [4.78, 5) is 13.9. The Bertz CT molecular complexity index is 461. The van der Waals surface area contributed by atoms with Crippen LogP contribution in [0.25, 0.3) is 0 Å². The zero-order valence-electron chi connectivity index (χ0n) is 12.7. The zero-order chi connectivity index (χ0) is 15.2. The third-order valence-corrected chi connectivity index (χ3v) is 3.69. The summed E-state index contributed by atoms with van der Waals surface area (Å²) in [6.07, 6.45) is 1.67. The molecule has 1 aliphatic heterocycles. The highest BCUT2D eigenvalue weighted by Gasteiger charge is 2.30. The predicted octanol–water partition coefficient (Wildman–Crippen LogP) is 1.80. The van der Waals surface area contributed by atoms with E-state index in [1.165, 1.54) is 7.11 Å². The van der Waals surface area contributed by atoms with Gasteiger partial charge >= 0.3 is 5.97 Å². The molecule has 0 saturated carbocycles. The van der Waals surface area contributed by atoms with Crippen LogP contribution in [0.4, 0.5) is 5.69 Å². The van der Waals surface area contributed by atoms with Crippen molar-refractivity contribution in [3.8, 4) is 5.75 Å². The van der Waals surface area contributed by atoms with Crippen LogP contribution in [0.2, 0.25) is 0 Å². The van der Waals surface area contributed by atoms with Crippen LogP contribution in [-0.4, -0.2) is 38.8 Å². The smallest absolute Gasteiger partial charge is 0.310 e. The summed E-state index contributed by atoms with van der Waals surface area (Å²) < 4.78 is 10.4. The molecule has 0 bridgehead atoms. The first-order valence-corrected chi connectivity index (χ1v) is 7.45. The van der Waals surface area contributed by atoms with E-state index in [0.29, 0.717) is 13.0 Å². The van der Waals surface area contributed by atoms with Gasteiger partial charge in [0.15, 0.2) is 0 Å². The SMILES string of the molecule is CCCOc1ccc(N2CC(N)CC(C(=O)OC)C2)cc1. The number of anilines is 1. The summed E-state index contributed by atoms with van der Waals surface area (Å²) in [5.41, 5.74) is 7.13. The van der Waals surface area contributed by atoms with E-state index in [9.17, 15) is 4.79 Å². The third-order valence-electron chi connectivity index (χ3n) is 3.69. The van der Waals surface area contributed by atoms with Crippen molar-refractivity contribution in [1.29, 1.82) is 0 Å². The number of carbonyl (C=O) groups is 1. The largest absolute Gasteiger partial charge is 0.494 e. The number of piperidine rings is 1. The summed E-state index contributed by atoms with van der Waals surface area (Å²) in [6.45, 7) is 4.20. The van der Waals surface area contributed by atoms with E-state index >= 15 is 0 Å². The van der Waals surface area contributed by atoms with Crippen molar-refractivity contribution < 1.29 is 14.3 Å². The van der Waals surface area contributed by atoms with Gasteiger partial charge in [-0.3, -0.25) is 4.79 Å². The number of nitrogens with two attached hydrogens (primary N) is 1. The van der Waals surface area contributed by atoms with Crippen molar-refractivity contribution in [3.63, 3.8) is 0 Å². The second-order valence-electron chi connectivity index (χ2n) is 5.46. The lowest BCUT2D eigenvalue weighted by molar-refractivity contribution is -0.145. The van der Waals surface area contributed by atoms with E-state index in [4.69, 9.17) is 15.2 Å². The molecular weight excluding hydrogens is 268 g/mol. The fourth-order valence-corrected chi connectivity index (χ4v) is 2.66. The molecule has 1 aromatic rings. The molecule has 0 radical (unpaired) electrons. The lowest BCUT2D eigenvalue weighted by Gasteiger charge is -2.36. The molecule has 116 valence electrons. The topological polar surface area (TPSA) is 64.8 Å². The fourth-order valence-electron chi connectivity index (χ4n) is 2.66. The van der Waals surface area contributed by atoms with Crippen LogP contribution in [0.3, 0.4) is 0 Å². The average molecular weight is 292 g/mol. The Balaban J connectivity index is 2.04. The second-order valence-corrected chi connectivity index (χ2v) is 5.46. The molecule has 5 heteroatoms. The van der Waals surface area contributed by atoms with Gasteiger partial charge in [0.1, 0.15) is 5.75 Å². The molecule has 21 heavy (non-hydrogen) atoms. The molecule has 1 heterocycles. The summed E-state index contributed by atoms with van der Waals surface area (Å²) >= 11 is 0. The average Bonchev–Trinajstić information content (AvgIpc) is 2.52. The quantitative estimate of drug-likeness (QED) is 0.838. The molecule has 2 N–H and O–H groups in total. The monoisotopic (exact) mass is 292 g/mol. The van der Waals surface area contributed by atoms with Gasteiger partial charge in [0, 0.05) is 24.8 Å². The molecule has 1 aromatic carbocycles. The van der Waals surface area contributed by atoms with Crippen molar-refractivity contribution in [2.45, 2.75) is 25.8 Å². The van der Waals surface area contributed by atoms with Crippen LogP contribution in [0.15, 0.2) is 24.3 Å². The Kier molecular flexibility index (Phi) is 5.44. The summed E-state index contributed by atoms with van der Waals surface area (Å²) in [6, 6.07) is 7.92. The van der Waals surface area contributed by atoms with Crippen LogP contribution >= 0.6 is 0 Å². The molecule has 2 unspecified atom stereocenters. The molecular formula is C16H24N2O3. The fraction of sp³-hybridized carbons (Fsp3) is 0.562. The molecule has 2 rings (SSSR count). The Labute approximate surface area is 126 Å². The number of hydrogen-bond acceptors (Lipinski definition) is 5. The molecule has 0 aromatic heterocycles. The molecule has 1 fully saturated rings. The molecule has 0 aliphatic carbocycles. The van der Waals surface area contributed by atoms with Gasteiger partial charge in [-0.15, -0.1) is 0 Å².